The van der Waals surface area contributed by atoms with Gasteiger partial charge in [0.25, 0.3) is 0 Å². The lowest BCUT2D eigenvalue weighted by Crippen LogP contribution is -2.18. The van der Waals surface area contributed by atoms with Crippen molar-refractivity contribution < 1.29 is 4.74 Å². The van der Waals surface area contributed by atoms with Crippen LogP contribution in [0.1, 0.15) is 5.69 Å². The molecule has 108 valence electrons. The molecule has 1 heterocycles. The van der Waals surface area contributed by atoms with E-state index in [1.54, 1.807) is 11.8 Å². The van der Waals surface area contributed by atoms with Gasteiger partial charge in [-0.05, 0) is 22.9 Å². The van der Waals surface area contributed by atoms with Crippen molar-refractivity contribution >= 4 is 10.8 Å². The van der Waals surface area contributed by atoms with E-state index in [0.29, 0.717) is 13.2 Å². The van der Waals surface area contributed by atoms with Gasteiger partial charge in [0.05, 0.1) is 24.2 Å². The molecule has 0 spiro atoms. The van der Waals surface area contributed by atoms with Gasteiger partial charge in [0.2, 0.25) is 0 Å². The Morgan fingerprint density at radius 1 is 1.14 bits per heavy atom. The Balaban J connectivity index is 1.75. The monoisotopic (exact) mass is 282 g/mol. The fourth-order valence-corrected chi connectivity index (χ4v) is 2.22. The van der Waals surface area contributed by atoms with E-state index < -0.39 is 0 Å². The number of nitrogens with one attached hydrogen (secondary N) is 1. The number of ether oxygens (including phenoxy) is 1. The third-order valence-electron chi connectivity index (χ3n) is 3.33. The third kappa shape index (κ3) is 3.26. The first-order valence-electron chi connectivity index (χ1n) is 6.97. The number of hydrogen-bond acceptors (Lipinski definition) is 4. The first-order valence-corrected chi connectivity index (χ1v) is 6.97. The summed E-state index contributed by atoms with van der Waals surface area (Å²) in [6.45, 7) is 2.19. The summed E-state index contributed by atoms with van der Waals surface area (Å²) in [5.41, 5.74) is 1.93. The van der Waals surface area contributed by atoms with Gasteiger partial charge < -0.3 is 10.1 Å². The molecule has 3 aromatic rings. The Morgan fingerprint density at radius 2 is 2.00 bits per heavy atom. The Labute approximate surface area is 123 Å². The molecule has 0 aliphatic carbocycles. The van der Waals surface area contributed by atoms with Crippen LogP contribution in [0.4, 0.5) is 0 Å². The number of hydrogen-bond donors (Lipinski definition) is 1. The van der Waals surface area contributed by atoms with Crippen LogP contribution in [-0.4, -0.2) is 35.3 Å². The van der Waals surface area contributed by atoms with Crippen LogP contribution in [0.2, 0.25) is 0 Å². The van der Waals surface area contributed by atoms with Crippen LogP contribution >= 0.6 is 0 Å². The van der Waals surface area contributed by atoms with E-state index >= 15 is 0 Å². The molecule has 0 radical (unpaired) electrons. The van der Waals surface area contributed by atoms with E-state index in [1.807, 2.05) is 18.3 Å². The topological polar surface area (TPSA) is 52.0 Å². The quantitative estimate of drug-likeness (QED) is 0.704. The molecule has 0 atom stereocenters. The molecule has 0 unspecified atom stereocenters. The summed E-state index contributed by atoms with van der Waals surface area (Å²) in [4.78, 5) is 0. The highest BCUT2D eigenvalue weighted by Crippen LogP contribution is 2.17. The highest BCUT2D eigenvalue weighted by Gasteiger charge is 2.03. The fourth-order valence-electron chi connectivity index (χ4n) is 2.22. The molecule has 0 amide bonds. The van der Waals surface area contributed by atoms with E-state index in [1.165, 1.54) is 10.8 Å². The van der Waals surface area contributed by atoms with Crippen LogP contribution in [0.15, 0.2) is 48.7 Å². The molecule has 2 aromatic carbocycles. The minimum Gasteiger partial charge on any atom is -0.383 e. The van der Waals surface area contributed by atoms with Gasteiger partial charge in [0.1, 0.15) is 0 Å². The SMILES string of the molecule is COCCNCc1cn(-c2ccc3ccccc3c2)nn1. The lowest BCUT2D eigenvalue weighted by atomic mass is 10.1. The van der Waals surface area contributed by atoms with Crippen molar-refractivity contribution in [2.24, 2.45) is 0 Å². The van der Waals surface area contributed by atoms with Crippen LogP contribution in [0, 0.1) is 0 Å². The highest BCUT2D eigenvalue weighted by molar-refractivity contribution is 5.84. The Bertz CT molecular complexity index is 723. The van der Waals surface area contributed by atoms with Crippen molar-refractivity contribution in [3.05, 3.63) is 54.4 Å². The van der Waals surface area contributed by atoms with E-state index in [9.17, 15) is 0 Å². The first-order chi connectivity index (χ1) is 10.4. The molecule has 0 saturated heterocycles. The molecular weight excluding hydrogens is 264 g/mol. The van der Waals surface area contributed by atoms with Crippen molar-refractivity contribution in [2.75, 3.05) is 20.3 Å². The number of aromatic nitrogens is 3. The van der Waals surface area contributed by atoms with Gasteiger partial charge in [0.15, 0.2) is 0 Å². The molecule has 0 saturated carbocycles. The lowest BCUT2D eigenvalue weighted by Gasteiger charge is -2.03. The second-order valence-corrected chi connectivity index (χ2v) is 4.86. The Kier molecular flexibility index (Phi) is 4.23. The van der Waals surface area contributed by atoms with Crippen LogP contribution < -0.4 is 5.32 Å². The summed E-state index contributed by atoms with van der Waals surface area (Å²) in [6.07, 6.45) is 1.95. The Morgan fingerprint density at radius 3 is 2.86 bits per heavy atom. The summed E-state index contributed by atoms with van der Waals surface area (Å²) in [5, 5.41) is 14.0. The van der Waals surface area contributed by atoms with Gasteiger partial charge in [-0.1, -0.05) is 35.5 Å². The molecule has 0 aliphatic rings. The minimum absolute atomic E-state index is 0.691. The zero-order valence-electron chi connectivity index (χ0n) is 12.0. The molecule has 1 aromatic heterocycles. The summed E-state index contributed by atoms with van der Waals surface area (Å²) < 4.78 is 6.80. The van der Waals surface area contributed by atoms with Crippen molar-refractivity contribution in [3.8, 4) is 5.69 Å². The summed E-state index contributed by atoms with van der Waals surface area (Å²) in [6, 6.07) is 14.6. The highest BCUT2D eigenvalue weighted by atomic mass is 16.5. The molecule has 0 fully saturated rings. The second kappa shape index (κ2) is 6.47. The van der Waals surface area contributed by atoms with Crippen LogP contribution in [0.3, 0.4) is 0 Å². The zero-order valence-corrected chi connectivity index (χ0v) is 12.0. The maximum absolute atomic E-state index is 4.99. The fraction of sp³-hybridized carbons (Fsp3) is 0.250. The molecule has 0 aliphatic heterocycles. The van der Waals surface area contributed by atoms with Gasteiger partial charge in [-0.2, -0.15) is 0 Å². The van der Waals surface area contributed by atoms with Crippen LogP contribution in [0.25, 0.3) is 16.5 Å². The average Bonchev–Trinajstić information content (AvgIpc) is 3.00. The number of nitrogens with zero attached hydrogens (tertiary/aromatic N) is 3. The number of methoxy groups -OCH3 is 1. The van der Waals surface area contributed by atoms with E-state index in [2.05, 4.69) is 46.0 Å². The molecular formula is C16H18N4O. The van der Waals surface area contributed by atoms with Crippen LogP contribution in [-0.2, 0) is 11.3 Å². The second-order valence-electron chi connectivity index (χ2n) is 4.86. The molecule has 5 heteroatoms. The van der Waals surface area contributed by atoms with E-state index in [4.69, 9.17) is 4.74 Å². The molecule has 1 N–H and O–H groups in total. The number of fused-ring (bicyclic) bond motifs is 1. The average molecular weight is 282 g/mol. The standard InChI is InChI=1S/C16H18N4O/c1-21-9-8-17-11-15-12-20(19-18-15)16-7-6-13-4-2-3-5-14(13)10-16/h2-7,10,12,17H,8-9,11H2,1H3. The van der Waals surface area contributed by atoms with E-state index in [0.717, 1.165) is 17.9 Å². The predicted octanol–water partition coefficient (Wildman–Crippen LogP) is 2.16. The van der Waals surface area contributed by atoms with Crippen molar-refractivity contribution in [3.63, 3.8) is 0 Å². The first kappa shape index (κ1) is 13.7. The lowest BCUT2D eigenvalue weighted by molar-refractivity contribution is 0.199. The molecule has 3 rings (SSSR count). The van der Waals surface area contributed by atoms with Gasteiger partial charge in [0, 0.05) is 20.2 Å². The third-order valence-corrected chi connectivity index (χ3v) is 3.33. The Hall–Kier alpha value is -2.24. The van der Waals surface area contributed by atoms with Crippen molar-refractivity contribution in [2.45, 2.75) is 6.54 Å². The maximum atomic E-state index is 4.99. The summed E-state index contributed by atoms with van der Waals surface area (Å²) in [5.74, 6) is 0. The number of benzene rings is 2. The normalized spacial score (nSPS) is 11.1. The molecule has 5 nitrogen and oxygen atoms in total. The largest absolute Gasteiger partial charge is 0.383 e. The molecule has 0 bridgehead atoms. The maximum Gasteiger partial charge on any atom is 0.0969 e. The van der Waals surface area contributed by atoms with Gasteiger partial charge in [-0.3, -0.25) is 0 Å². The zero-order chi connectivity index (χ0) is 14.5. The van der Waals surface area contributed by atoms with Crippen LogP contribution in [0.5, 0.6) is 0 Å². The predicted molar refractivity (Wildman–Crippen MR) is 82.4 cm³/mol. The van der Waals surface area contributed by atoms with Gasteiger partial charge >= 0.3 is 0 Å². The van der Waals surface area contributed by atoms with Gasteiger partial charge in [-0.25, -0.2) is 4.68 Å². The van der Waals surface area contributed by atoms with Crippen molar-refractivity contribution in [1.29, 1.82) is 0 Å². The molecule has 21 heavy (non-hydrogen) atoms. The summed E-state index contributed by atoms with van der Waals surface area (Å²) in [7, 11) is 1.69. The van der Waals surface area contributed by atoms with E-state index in [-0.39, 0.29) is 0 Å². The number of rotatable bonds is 6. The summed E-state index contributed by atoms with van der Waals surface area (Å²) >= 11 is 0. The van der Waals surface area contributed by atoms with Crippen molar-refractivity contribution in [1.82, 2.24) is 20.3 Å². The minimum atomic E-state index is 0.691. The van der Waals surface area contributed by atoms with Gasteiger partial charge in [-0.15, -0.1) is 5.10 Å². The smallest absolute Gasteiger partial charge is 0.0969 e.